The van der Waals surface area contributed by atoms with Crippen molar-refractivity contribution in [3.05, 3.63) is 177 Å². The standard InChI is InChI=1S/C35H34O2.C20H18Br2.C8H11BO3.2N2.H2/c1-3-37-29-14-8-25(9-15-29)27-11-17-31-30-16-10-26(24-6-12-28(36-2)13-7-24)22-32(30)34-18-4-20-35(34,21-5-19-34)33(31)23-27;21-13-3-5-15-16-6-4-14(22)12-18(16)20-8-1-7-19(20,9-2-10-20)17(15)11-13;1-2-12-8-5-3-7(4-6-8)9(10)11;2*1-2;/h6-17,22-23H,3-5,18-21H2,1-2H3;3-6,11-12H,1-2,7-10H2;3-6,10-11H,2H2,1H3;;;1H. The lowest BCUT2D eigenvalue weighted by molar-refractivity contribution is 0.299. The molecular formula is C63H65BBr2N4O5. The molecule has 2 N–H and O–H groups in total. The molecule has 0 aliphatic heterocycles. The Hall–Kier alpha value is -6.28. The lowest BCUT2D eigenvalue weighted by Crippen LogP contribution is -2.43. The van der Waals surface area contributed by atoms with Crippen LogP contribution in [0.4, 0.5) is 0 Å². The van der Waals surface area contributed by atoms with E-state index in [0.717, 1.165) is 17.2 Å². The number of fused-ring (bicyclic) bond motifs is 6. The van der Waals surface area contributed by atoms with Gasteiger partial charge >= 0.3 is 7.12 Å². The van der Waals surface area contributed by atoms with Crippen molar-refractivity contribution in [3.63, 3.8) is 0 Å². The molecule has 9 nitrogen and oxygen atoms in total. The van der Waals surface area contributed by atoms with Gasteiger partial charge in [-0.25, -0.2) is 0 Å². The van der Waals surface area contributed by atoms with Crippen LogP contribution in [-0.4, -0.2) is 37.5 Å². The van der Waals surface area contributed by atoms with Crippen LogP contribution in [-0.2, 0) is 21.7 Å². The first kappa shape index (κ1) is 53.5. The highest BCUT2D eigenvalue weighted by Crippen LogP contribution is 2.71. The van der Waals surface area contributed by atoms with Crippen LogP contribution in [0.1, 0.15) is 115 Å². The van der Waals surface area contributed by atoms with E-state index in [0.29, 0.717) is 29.5 Å². The van der Waals surface area contributed by atoms with Gasteiger partial charge in [-0.1, -0.05) is 130 Å². The summed E-state index contributed by atoms with van der Waals surface area (Å²) in [5.41, 5.74) is 19.2. The molecule has 0 amide bonds. The highest BCUT2D eigenvalue weighted by atomic mass is 79.9. The van der Waals surface area contributed by atoms with Crippen molar-refractivity contribution in [2.45, 2.75) is 113 Å². The van der Waals surface area contributed by atoms with Gasteiger partial charge in [0, 0.05) is 53.6 Å². The van der Waals surface area contributed by atoms with E-state index >= 15 is 0 Å². The third kappa shape index (κ3) is 9.26. The smallest absolute Gasteiger partial charge is 0.488 e. The second-order valence-electron chi connectivity index (χ2n) is 20.7. The van der Waals surface area contributed by atoms with Crippen molar-refractivity contribution in [2.24, 2.45) is 0 Å². The first-order valence-corrected chi connectivity index (χ1v) is 27.9. The molecule has 0 spiro atoms. The molecule has 0 heterocycles. The fourth-order valence-corrected chi connectivity index (χ4v) is 15.6. The van der Waals surface area contributed by atoms with E-state index < -0.39 is 7.12 Å². The van der Waals surface area contributed by atoms with Gasteiger partial charge in [-0.3, -0.25) is 0 Å². The lowest BCUT2D eigenvalue weighted by atomic mass is 9.55. The molecule has 0 saturated heterocycles. The summed E-state index contributed by atoms with van der Waals surface area (Å²) in [5, 5.41) is 41.5. The van der Waals surface area contributed by atoms with Crippen LogP contribution in [0.25, 0.3) is 44.5 Å². The molecule has 6 aliphatic carbocycles. The van der Waals surface area contributed by atoms with Gasteiger partial charge in [0.05, 0.1) is 20.3 Å². The maximum absolute atomic E-state index is 8.76. The zero-order chi connectivity index (χ0) is 53.0. The molecule has 0 bridgehead atoms. The first-order valence-electron chi connectivity index (χ1n) is 26.3. The number of hydrogen-bond donors (Lipinski definition) is 2. The van der Waals surface area contributed by atoms with E-state index in [1.54, 1.807) is 53.6 Å². The lowest BCUT2D eigenvalue weighted by Gasteiger charge is -2.48. The highest BCUT2D eigenvalue weighted by molar-refractivity contribution is 9.10. The number of ether oxygens (including phenoxy) is 3. The molecule has 7 aromatic rings. The first-order chi connectivity index (χ1) is 36.6. The minimum atomic E-state index is -1.40. The number of halogens is 2. The van der Waals surface area contributed by atoms with Crippen LogP contribution in [0.5, 0.6) is 17.2 Å². The molecule has 0 atom stereocenters. The molecule has 0 aromatic heterocycles. The van der Waals surface area contributed by atoms with Crippen LogP contribution in [0, 0.1) is 21.6 Å². The zero-order valence-corrected chi connectivity index (χ0v) is 46.2. The number of hydrogen-bond acceptors (Lipinski definition) is 9. The molecule has 75 heavy (non-hydrogen) atoms. The Morgan fingerprint density at radius 3 is 1.04 bits per heavy atom. The molecule has 6 aliphatic rings. The average molecular weight is 1130 g/mol. The summed E-state index contributed by atoms with van der Waals surface area (Å²) in [4.78, 5) is 0. The van der Waals surface area contributed by atoms with Gasteiger partial charge in [0.15, 0.2) is 0 Å². The van der Waals surface area contributed by atoms with Crippen LogP contribution < -0.4 is 19.7 Å². The normalized spacial score (nSPS) is 22.2. The fraction of sp³-hybridized carbons (Fsp3) is 0.333. The molecule has 12 heteroatoms. The van der Waals surface area contributed by atoms with E-state index in [4.69, 9.17) is 45.8 Å². The Morgan fingerprint density at radius 2 is 0.720 bits per heavy atom. The summed E-state index contributed by atoms with van der Waals surface area (Å²) in [6, 6.07) is 52.2. The highest BCUT2D eigenvalue weighted by Gasteiger charge is 2.63. The Labute approximate surface area is 460 Å². The summed E-state index contributed by atoms with van der Waals surface area (Å²) in [6.07, 6.45) is 16.1. The van der Waals surface area contributed by atoms with Crippen LogP contribution in [0.15, 0.2) is 155 Å². The van der Waals surface area contributed by atoms with Crippen molar-refractivity contribution < 1.29 is 25.7 Å². The van der Waals surface area contributed by atoms with Crippen LogP contribution in [0.2, 0.25) is 0 Å². The SMILES string of the molecule is Brc1ccc2c(c1)C13CCCC1(CCC3)c1cc(Br)ccc1-2.CCOc1ccc(-c2ccc3c(c2)C24CCCC2(CCC4)c2cc(-c4ccc(OC)cc4)ccc2-3)cc1.CCOc1ccc(B(O)O)cc1.N#N.N#N.[HH]. The largest absolute Gasteiger partial charge is 0.497 e. The van der Waals surface area contributed by atoms with E-state index in [-0.39, 0.29) is 12.3 Å². The quantitative estimate of drug-likeness (QED) is 0.111. The Kier molecular flexibility index (Phi) is 16.1. The number of methoxy groups -OCH3 is 1. The second kappa shape index (κ2) is 22.5. The summed E-state index contributed by atoms with van der Waals surface area (Å²) >= 11 is 7.45. The Morgan fingerprint density at radius 1 is 0.427 bits per heavy atom. The van der Waals surface area contributed by atoms with Crippen LogP contribution in [0.3, 0.4) is 0 Å². The second-order valence-corrected chi connectivity index (χ2v) is 22.5. The Bertz CT molecular complexity index is 3110. The maximum atomic E-state index is 8.76. The zero-order valence-electron chi connectivity index (χ0n) is 43.0. The molecule has 13 rings (SSSR count). The molecular weight excluding hydrogens is 1060 g/mol. The number of rotatable bonds is 8. The fourth-order valence-electron chi connectivity index (χ4n) is 14.9. The molecule has 0 unspecified atom stereocenters. The third-order valence-electron chi connectivity index (χ3n) is 17.7. The van der Waals surface area contributed by atoms with Crippen molar-refractivity contribution in [1.82, 2.24) is 0 Å². The van der Waals surface area contributed by atoms with Crippen molar-refractivity contribution >= 4 is 44.4 Å². The minimum Gasteiger partial charge on any atom is -0.497 e. The summed E-state index contributed by atoms with van der Waals surface area (Å²) < 4.78 is 18.7. The molecule has 0 radical (unpaired) electrons. The van der Waals surface area contributed by atoms with Gasteiger partial charge < -0.3 is 24.3 Å². The predicted molar refractivity (Wildman–Crippen MR) is 306 cm³/mol. The molecule has 7 aromatic carbocycles. The Balaban J connectivity index is 0.000000166. The van der Waals surface area contributed by atoms with Gasteiger partial charge in [-0.15, -0.1) is 0 Å². The summed E-state index contributed by atoms with van der Waals surface area (Å²) in [5.74, 6) is 2.58. The topological polar surface area (TPSA) is 163 Å². The van der Waals surface area contributed by atoms with E-state index in [2.05, 4.69) is 153 Å². The van der Waals surface area contributed by atoms with Gasteiger partial charge in [0.25, 0.3) is 0 Å². The molecule has 384 valence electrons. The molecule has 4 fully saturated rings. The van der Waals surface area contributed by atoms with E-state index in [1.807, 2.05) is 13.8 Å². The van der Waals surface area contributed by atoms with Crippen molar-refractivity contribution in [1.29, 1.82) is 21.6 Å². The minimum absolute atomic E-state index is 0. The van der Waals surface area contributed by atoms with Crippen molar-refractivity contribution in [2.75, 3.05) is 20.3 Å². The maximum Gasteiger partial charge on any atom is 0.488 e. The monoisotopic (exact) mass is 1130 g/mol. The summed E-state index contributed by atoms with van der Waals surface area (Å²) in [6.45, 7) is 5.24. The third-order valence-corrected chi connectivity index (χ3v) is 18.7. The average Bonchev–Trinajstić information content (AvgIpc) is 4.39. The number of benzene rings is 7. The predicted octanol–water partition coefficient (Wildman–Crippen LogP) is 15.8. The van der Waals surface area contributed by atoms with Crippen LogP contribution >= 0.6 is 31.9 Å². The van der Waals surface area contributed by atoms with Gasteiger partial charge in [0.1, 0.15) is 17.2 Å². The van der Waals surface area contributed by atoms with Gasteiger partial charge in [0.2, 0.25) is 0 Å². The van der Waals surface area contributed by atoms with Crippen molar-refractivity contribution in [3.8, 4) is 61.8 Å². The van der Waals surface area contributed by atoms with E-state index in [9.17, 15) is 0 Å². The summed E-state index contributed by atoms with van der Waals surface area (Å²) in [7, 11) is 0.326. The van der Waals surface area contributed by atoms with Gasteiger partial charge in [-0.05, 0) is 210 Å². The van der Waals surface area contributed by atoms with Gasteiger partial charge in [-0.2, -0.15) is 0 Å². The van der Waals surface area contributed by atoms with E-state index in [1.165, 1.54) is 131 Å². The molecule has 4 saturated carbocycles. The number of nitrogens with zero attached hydrogens (tertiary/aromatic N) is 4.